The number of nitrogens with one attached hydrogen (secondary N) is 1. The maximum Gasteiger partial charge on any atom is 0.303 e. The third-order valence-electron chi connectivity index (χ3n) is 2.09. The van der Waals surface area contributed by atoms with Gasteiger partial charge in [0.25, 0.3) is 0 Å². The topological polar surface area (TPSA) is 83.5 Å². The first-order valence-electron chi connectivity index (χ1n) is 5.21. The molecule has 5 nitrogen and oxygen atoms in total. The van der Waals surface area contributed by atoms with Crippen LogP contribution in [0.15, 0.2) is 17.5 Å². The van der Waals surface area contributed by atoms with Crippen LogP contribution in [-0.2, 0) is 21.2 Å². The van der Waals surface area contributed by atoms with Crippen LogP contribution in [0, 0.1) is 0 Å². The third-order valence-corrected chi connectivity index (χ3v) is 4.41. The van der Waals surface area contributed by atoms with Crippen LogP contribution in [-0.4, -0.2) is 31.8 Å². The van der Waals surface area contributed by atoms with Gasteiger partial charge in [-0.2, -0.15) is 0 Å². The van der Waals surface area contributed by atoms with Crippen molar-refractivity contribution in [2.45, 2.75) is 19.3 Å². The Labute approximate surface area is 105 Å². The van der Waals surface area contributed by atoms with E-state index < -0.39 is 16.0 Å². The Morgan fingerprint density at radius 1 is 1.47 bits per heavy atom. The summed E-state index contributed by atoms with van der Waals surface area (Å²) in [5.74, 6) is -0.872. The molecule has 96 valence electrons. The zero-order valence-electron chi connectivity index (χ0n) is 9.26. The highest BCUT2D eigenvalue weighted by Crippen LogP contribution is 2.09. The zero-order chi connectivity index (χ0) is 12.7. The molecule has 0 aliphatic carbocycles. The quantitative estimate of drug-likeness (QED) is 0.696. The number of carboxylic acids is 1. The second-order valence-electron chi connectivity index (χ2n) is 3.54. The number of aryl methyl sites for hydroxylation is 1. The van der Waals surface area contributed by atoms with Crippen LogP contribution in [0.1, 0.15) is 17.7 Å². The average Bonchev–Trinajstić information content (AvgIpc) is 2.74. The van der Waals surface area contributed by atoms with Gasteiger partial charge in [-0.1, -0.05) is 6.07 Å². The van der Waals surface area contributed by atoms with Gasteiger partial charge in [-0.3, -0.25) is 4.79 Å². The fourth-order valence-corrected chi connectivity index (χ4v) is 3.16. The summed E-state index contributed by atoms with van der Waals surface area (Å²) < 4.78 is 25.4. The summed E-state index contributed by atoms with van der Waals surface area (Å²) in [5, 5.41) is 10.3. The molecule has 0 radical (unpaired) electrons. The lowest BCUT2D eigenvalue weighted by Gasteiger charge is -2.04. The van der Waals surface area contributed by atoms with E-state index in [1.165, 1.54) is 11.3 Å². The molecule has 0 atom stereocenters. The lowest BCUT2D eigenvalue weighted by molar-refractivity contribution is -0.137. The van der Waals surface area contributed by atoms with Crippen LogP contribution in [0.5, 0.6) is 0 Å². The van der Waals surface area contributed by atoms with Crippen molar-refractivity contribution in [3.63, 3.8) is 0 Å². The predicted octanol–water partition coefficient (Wildman–Crippen LogP) is 1.07. The van der Waals surface area contributed by atoms with E-state index in [4.69, 9.17) is 5.11 Å². The molecular weight excluding hydrogens is 262 g/mol. The van der Waals surface area contributed by atoms with Gasteiger partial charge in [0, 0.05) is 17.8 Å². The molecule has 0 spiro atoms. The van der Waals surface area contributed by atoms with Gasteiger partial charge < -0.3 is 5.11 Å². The third kappa shape index (κ3) is 6.40. The molecule has 0 aliphatic heterocycles. The number of carbonyl (C=O) groups is 1. The molecule has 0 unspecified atom stereocenters. The number of hydrogen-bond acceptors (Lipinski definition) is 4. The van der Waals surface area contributed by atoms with Gasteiger partial charge in [-0.05, 0) is 24.3 Å². The van der Waals surface area contributed by atoms with E-state index >= 15 is 0 Å². The second-order valence-corrected chi connectivity index (χ2v) is 6.50. The van der Waals surface area contributed by atoms with Gasteiger partial charge in [0.15, 0.2) is 0 Å². The summed E-state index contributed by atoms with van der Waals surface area (Å²) >= 11 is 1.53. The number of sulfonamides is 1. The van der Waals surface area contributed by atoms with Crippen molar-refractivity contribution in [3.05, 3.63) is 22.4 Å². The molecule has 0 aromatic carbocycles. The molecule has 0 saturated heterocycles. The molecule has 1 rings (SSSR count). The standard InChI is InChI=1S/C10H15NO4S2/c12-10(13)4-1-6-11-17(14,15)8-5-9-3-2-7-16-9/h2-3,7,11H,1,4-6,8H2,(H,12,13). The lowest BCUT2D eigenvalue weighted by Crippen LogP contribution is -2.28. The Bertz CT molecular complexity index is 439. The molecular formula is C10H15NO4S2. The number of rotatable bonds is 8. The first kappa shape index (κ1) is 14.1. The minimum atomic E-state index is -3.29. The Morgan fingerprint density at radius 2 is 2.24 bits per heavy atom. The van der Waals surface area contributed by atoms with Gasteiger partial charge in [-0.25, -0.2) is 13.1 Å². The van der Waals surface area contributed by atoms with Crippen LogP contribution >= 0.6 is 11.3 Å². The summed E-state index contributed by atoms with van der Waals surface area (Å²) in [6, 6.07) is 3.78. The molecule has 1 heterocycles. The molecule has 0 bridgehead atoms. The first-order valence-corrected chi connectivity index (χ1v) is 7.74. The monoisotopic (exact) mass is 277 g/mol. The number of hydrogen-bond donors (Lipinski definition) is 2. The van der Waals surface area contributed by atoms with E-state index in [1.54, 1.807) is 0 Å². The SMILES string of the molecule is O=C(O)CCCNS(=O)(=O)CCc1cccs1. The minimum Gasteiger partial charge on any atom is -0.481 e. The summed E-state index contributed by atoms with van der Waals surface area (Å²) in [4.78, 5) is 11.3. The van der Waals surface area contributed by atoms with Crippen molar-refractivity contribution in [2.24, 2.45) is 0 Å². The summed E-state index contributed by atoms with van der Waals surface area (Å²) in [7, 11) is -3.29. The molecule has 7 heteroatoms. The van der Waals surface area contributed by atoms with Crippen molar-refractivity contribution in [2.75, 3.05) is 12.3 Å². The Kier molecular flexibility index (Phi) is 5.60. The summed E-state index contributed by atoms with van der Waals surface area (Å²) in [6.07, 6.45) is 0.785. The average molecular weight is 277 g/mol. The van der Waals surface area contributed by atoms with Crippen LogP contribution in [0.25, 0.3) is 0 Å². The highest BCUT2D eigenvalue weighted by atomic mass is 32.2. The lowest BCUT2D eigenvalue weighted by atomic mass is 10.3. The predicted molar refractivity (Wildman–Crippen MR) is 66.7 cm³/mol. The van der Waals surface area contributed by atoms with Crippen LogP contribution in [0.2, 0.25) is 0 Å². The molecule has 1 aromatic rings. The fraction of sp³-hybridized carbons (Fsp3) is 0.500. The number of aliphatic carboxylic acids is 1. The summed E-state index contributed by atoms with van der Waals surface area (Å²) in [5.41, 5.74) is 0. The fourth-order valence-electron chi connectivity index (χ4n) is 1.23. The van der Waals surface area contributed by atoms with E-state index in [-0.39, 0.29) is 18.7 Å². The number of thiophene rings is 1. The van der Waals surface area contributed by atoms with E-state index in [0.29, 0.717) is 12.8 Å². The van der Waals surface area contributed by atoms with E-state index in [0.717, 1.165) is 4.88 Å². The molecule has 1 aromatic heterocycles. The second kappa shape index (κ2) is 6.73. The Morgan fingerprint density at radius 3 is 2.82 bits per heavy atom. The van der Waals surface area contributed by atoms with Crippen LogP contribution in [0.4, 0.5) is 0 Å². The van der Waals surface area contributed by atoms with Crippen molar-refractivity contribution >= 4 is 27.3 Å². The maximum absolute atomic E-state index is 11.5. The highest BCUT2D eigenvalue weighted by Gasteiger charge is 2.10. The zero-order valence-corrected chi connectivity index (χ0v) is 10.9. The molecule has 0 saturated carbocycles. The van der Waals surface area contributed by atoms with Gasteiger partial charge in [0.05, 0.1) is 5.75 Å². The molecule has 0 fully saturated rings. The van der Waals surface area contributed by atoms with E-state index in [2.05, 4.69) is 4.72 Å². The Balaban J connectivity index is 2.24. The minimum absolute atomic E-state index is 0.0204. The van der Waals surface area contributed by atoms with Crippen LogP contribution < -0.4 is 4.72 Å². The largest absolute Gasteiger partial charge is 0.481 e. The number of carboxylic acid groups (broad SMARTS) is 1. The maximum atomic E-state index is 11.5. The van der Waals surface area contributed by atoms with E-state index in [1.807, 2.05) is 17.5 Å². The first-order chi connectivity index (χ1) is 7.99. The molecule has 0 amide bonds. The van der Waals surface area contributed by atoms with Crippen LogP contribution in [0.3, 0.4) is 0 Å². The molecule has 2 N–H and O–H groups in total. The van der Waals surface area contributed by atoms with Crippen molar-refractivity contribution < 1.29 is 18.3 Å². The van der Waals surface area contributed by atoms with Gasteiger partial charge in [0.1, 0.15) is 0 Å². The van der Waals surface area contributed by atoms with Crippen molar-refractivity contribution in [1.82, 2.24) is 4.72 Å². The van der Waals surface area contributed by atoms with Crippen molar-refractivity contribution in [1.29, 1.82) is 0 Å². The summed E-state index contributed by atoms with van der Waals surface area (Å²) in [6.45, 7) is 0.180. The molecule has 17 heavy (non-hydrogen) atoms. The van der Waals surface area contributed by atoms with E-state index in [9.17, 15) is 13.2 Å². The Hall–Kier alpha value is -0.920. The van der Waals surface area contributed by atoms with Gasteiger partial charge in [0.2, 0.25) is 10.0 Å². The smallest absolute Gasteiger partial charge is 0.303 e. The highest BCUT2D eigenvalue weighted by molar-refractivity contribution is 7.89. The van der Waals surface area contributed by atoms with Crippen molar-refractivity contribution in [3.8, 4) is 0 Å². The van der Waals surface area contributed by atoms with Gasteiger partial charge >= 0.3 is 5.97 Å². The molecule has 0 aliphatic rings. The normalized spacial score (nSPS) is 11.5. The van der Waals surface area contributed by atoms with Gasteiger partial charge in [-0.15, -0.1) is 11.3 Å².